The van der Waals surface area contributed by atoms with Gasteiger partial charge in [-0.15, -0.1) is 0 Å². The van der Waals surface area contributed by atoms with E-state index in [-0.39, 0.29) is 24.4 Å². The average Bonchev–Trinajstić information content (AvgIpc) is 3.19. The van der Waals surface area contributed by atoms with E-state index in [2.05, 4.69) is 20.9 Å². The number of aromatic nitrogens is 1. The van der Waals surface area contributed by atoms with Crippen molar-refractivity contribution in [1.82, 2.24) is 20.9 Å². The zero-order valence-corrected chi connectivity index (χ0v) is 18.8. The second-order valence-electron chi connectivity index (χ2n) is 8.36. The molecule has 0 saturated carbocycles. The highest BCUT2D eigenvalue weighted by atomic mass is 19.1. The van der Waals surface area contributed by atoms with Crippen LogP contribution in [0.25, 0.3) is 11.5 Å². The second kappa shape index (κ2) is 10.1. The Morgan fingerprint density at radius 1 is 1.12 bits per heavy atom. The molecule has 1 fully saturated rings. The predicted molar refractivity (Wildman–Crippen MR) is 122 cm³/mol. The fourth-order valence-electron chi connectivity index (χ4n) is 4.03. The highest BCUT2D eigenvalue weighted by Crippen LogP contribution is 2.23. The Morgan fingerprint density at radius 3 is 2.56 bits per heavy atom. The Hall–Kier alpha value is -3.59. The van der Waals surface area contributed by atoms with E-state index < -0.39 is 23.1 Å². The number of nitrogens with one attached hydrogen (secondary N) is 3. The van der Waals surface area contributed by atoms with Gasteiger partial charge in [0.15, 0.2) is 0 Å². The third-order valence-corrected chi connectivity index (χ3v) is 5.97. The summed E-state index contributed by atoms with van der Waals surface area (Å²) in [5.41, 5.74) is 0.323. The third-order valence-electron chi connectivity index (χ3n) is 5.97. The van der Waals surface area contributed by atoms with Crippen LogP contribution in [0.4, 0.5) is 8.78 Å². The van der Waals surface area contributed by atoms with Gasteiger partial charge in [-0.05, 0) is 51.1 Å². The first kappa shape index (κ1) is 23.6. The van der Waals surface area contributed by atoms with Crippen LogP contribution in [0.5, 0.6) is 0 Å². The SMILES string of the molecule is Cc1oc(-c2ccccc2)nc1CC(=O)NC1(C(=O)NCc2ccc(F)cc2F)CCNCC1. The van der Waals surface area contributed by atoms with Gasteiger partial charge in [-0.1, -0.05) is 24.3 Å². The van der Waals surface area contributed by atoms with E-state index in [9.17, 15) is 18.4 Å². The standard InChI is InChI=1S/C25H26F2N4O3/c1-16-21(30-23(34-16)17-5-3-2-4-6-17)14-22(32)31-25(9-11-28-12-10-25)24(33)29-15-18-7-8-19(26)13-20(18)27/h2-8,13,28H,9-12,14-15H2,1H3,(H,29,33)(H,31,32). The van der Waals surface area contributed by atoms with Crippen LogP contribution in [0.15, 0.2) is 52.9 Å². The minimum Gasteiger partial charge on any atom is -0.441 e. The van der Waals surface area contributed by atoms with Crippen molar-refractivity contribution in [3.63, 3.8) is 0 Å². The summed E-state index contributed by atoms with van der Waals surface area (Å²) in [6.07, 6.45) is 0.713. The van der Waals surface area contributed by atoms with E-state index in [1.165, 1.54) is 6.07 Å². The molecular formula is C25H26F2N4O3. The summed E-state index contributed by atoms with van der Waals surface area (Å²) >= 11 is 0. The molecule has 0 unspecified atom stereocenters. The minimum atomic E-state index is -1.14. The van der Waals surface area contributed by atoms with Gasteiger partial charge in [0.25, 0.3) is 0 Å². The molecule has 9 heteroatoms. The van der Waals surface area contributed by atoms with Crippen LogP contribution in [0.1, 0.15) is 29.9 Å². The number of nitrogens with zero attached hydrogens (tertiary/aromatic N) is 1. The number of oxazole rings is 1. The van der Waals surface area contributed by atoms with E-state index in [0.29, 0.717) is 43.3 Å². The van der Waals surface area contributed by atoms with Crippen LogP contribution < -0.4 is 16.0 Å². The average molecular weight is 469 g/mol. The first-order chi connectivity index (χ1) is 16.4. The van der Waals surface area contributed by atoms with Crippen LogP contribution in [0, 0.1) is 18.6 Å². The van der Waals surface area contributed by atoms with E-state index in [1.807, 2.05) is 30.3 Å². The molecule has 178 valence electrons. The number of rotatable bonds is 7. The summed E-state index contributed by atoms with van der Waals surface area (Å²) in [5.74, 6) is -1.23. The van der Waals surface area contributed by atoms with Crippen LogP contribution in [-0.2, 0) is 22.6 Å². The fourth-order valence-corrected chi connectivity index (χ4v) is 4.03. The molecule has 3 aromatic rings. The molecule has 1 aliphatic heterocycles. The Morgan fingerprint density at radius 2 is 1.85 bits per heavy atom. The third kappa shape index (κ3) is 5.31. The van der Waals surface area contributed by atoms with E-state index in [4.69, 9.17) is 4.42 Å². The summed E-state index contributed by atoms with van der Waals surface area (Å²) in [7, 11) is 0. The lowest BCUT2D eigenvalue weighted by Gasteiger charge is -2.37. The molecule has 7 nitrogen and oxygen atoms in total. The number of piperidine rings is 1. The maximum absolute atomic E-state index is 14.0. The summed E-state index contributed by atoms with van der Waals surface area (Å²) in [6.45, 7) is 2.71. The molecule has 0 radical (unpaired) electrons. The number of aryl methyl sites for hydroxylation is 1. The summed E-state index contributed by atoms with van der Waals surface area (Å²) in [6, 6.07) is 12.6. The zero-order valence-electron chi connectivity index (χ0n) is 18.8. The number of hydrogen-bond donors (Lipinski definition) is 3. The van der Waals surface area contributed by atoms with Gasteiger partial charge in [0.1, 0.15) is 22.9 Å². The molecule has 1 aliphatic rings. The van der Waals surface area contributed by atoms with Gasteiger partial charge in [0, 0.05) is 23.7 Å². The van der Waals surface area contributed by atoms with Crippen molar-refractivity contribution in [2.75, 3.05) is 13.1 Å². The molecule has 0 bridgehead atoms. The fraction of sp³-hybridized carbons (Fsp3) is 0.320. The highest BCUT2D eigenvalue weighted by molar-refractivity contribution is 5.92. The van der Waals surface area contributed by atoms with E-state index in [1.54, 1.807) is 6.92 Å². The van der Waals surface area contributed by atoms with Gasteiger partial charge < -0.3 is 20.4 Å². The lowest BCUT2D eigenvalue weighted by atomic mass is 9.86. The molecular weight excluding hydrogens is 442 g/mol. The molecule has 34 heavy (non-hydrogen) atoms. The Bertz CT molecular complexity index is 1170. The van der Waals surface area contributed by atoms with Gasteiger partial charge in [-0.25, -0.2) is 13.8 Å². The number of carbonyl (C=O) groups is 2. The van der Waals surface area contributed by atoms with Gasteiger partial charge >= 0.3 is 0 Å². The predicted octanol–water partition coefficient (Wildman–Crippen LogP) is 3.03. The molecule has 2 amide bonds. The van der Waals surface area contributed by atoms with Gasteiger partial charge in [0.05, 0.1) is 12.1 Å². The molecule has 1 aromatic heterocycles. The summed E-state index contributed by atoms with van der Waals surface area (Å²) in [4.78, 5) is 30.6. The van der Waals surface area contributed by atoms with Crippen LogP contribution in [0.3, 0.4) is 0 Å². The molecule has 1 saturated heterocycles. The molecule has 0 spiro atoms. The lowest BCUT2D eigenvalue weighted by Crippen LogP contribution is -2.63. The molecule has 0 atom stereocenters. The van der Waals surface area contributed by atoms with Crippen molar-refractivity contribution >= 4 is 11.8 Å². The monoisotopic (exact) mass is 468 g/mol. The highest BCUT2D eigenvalue weighted by Gasteiger charge is 2.41. The quantitative estimate of drug-likeness (QED) is 0.496. The van der Waals surface area contributed by atoms with Crippen molar-refractivity contribution in [2.45, 2.75) is 38.3 Å². The molecule has 2 heterocycles. The molecule has 2 aromatic carbocycles. The number of hydrogen-bond acceptors (Lipinski definition) is 5. The van der Waals surface area contributed by atoms with E-state index in [0.717, 1.165) is 17.7 Å². The van der Waals surface area contributed by atoms with Crippen molar-refractivity contribution in [2.24, 2.45) is 0 Å². The van der Waals surface area contributed by atoms with Crippen molar-refractivity contribution < 1.29 is 22.8 Å². The topological polar surface area (TPSA) is 96.3 Å². The summed E-state index contributed by atoms with van der Waals surface area (Å²) in [5, 5.41) is 8.77. The van der Waals surface area contributed by atoms with Crippen molar-refractivity contribution in [3.8, 4) is 11.5 Å². The summed E-state index contributed by atoms with van der Waals surface area (Å²) < 4.78 is 32.8. The number of amides is 2. The lowest BCUT2D eigenvalue weighted by molar-refractivity contribution is -0.134. The maximum atomic E-state index is 14.0. The largest absolute Gasteiger partial charge is 0.441 e. The maximum Gasteiger partial charge on any atom is 0.246 e. The zero-order chi connectivity index (χ0) is 24.1. The van der Waals surface area contributed by atoms with Crippen molar-refractivity contribution in [1.29, 1.82) is 0 Å². The number of halogens is 2. The number of benzene rings is 2. The first-order valence-electron chi connectivity index (χ1n) is 11.1. The Balaban J connectivity index is 1.45. The molecule has 0 aliphatic carbocycles. The van der Waals surface area contributed by atoms with Gasteiger partial charge in [0.2, 0.25) is 17.7 Å². The molecule has 3 N–H and O–H groups in total. The Kier molecular flexibility index (Phi) is 7.02. The number of carbonyl (C=O) groups excluding carboxylic acids is 2. The smallest absolute Gasteiger partial charge is 0.246 e. The molecule has 4 rings (SSSR count). The van der Waals surface area contributed by atoms with Gasteiger partial charge in [-0.3, -0.25) is 9.59 Å². The van der Waals surface area contributed by atoms with E-state index >= 15 is 0 Å². The first-order valence-corrected chi connectivity index (χ1v) is 11.1. The van der Waals surface area contributed by atoms with Crippen LogP contribution in [-0.4, -0.2) is 35.4 Å². The van der Waals surface area contributed by atoms with Gasteiger partial charge in [-0.2, -0.15) is 0 Å². The van der Waals surface area contributed by atoms with Crippen LogP contribution >= 0.6 is 0 Å². The van der Waals surface area contributed by atoms with Crippen LogP contribution in [0.2, 0.25) is 0 Å². The normalized spacial score (nSPS) is 15.0. The second-order valence-corrected chi connectivity index (χ2v) is 8.36. The van der Waals surface area contributed by atoms with Crippen molar-refractivity contribution in [3.05, 3.63) is 77.2 Å². The Labute approximate surface area is 196 Å². The minimum absolute atomic E-state index is 0.0444.